The molecule has 0 amide bonds. The summed E-state index contributed by atoms with van der Waals surface area (Å²) in [6.07, 6.45) is 0. The summed E-state index contributed by atoms with van der Waals surface area (Å²) in [6.45, 7) is 2.05. The van der Waals surface area contributed by atoms with Crippen molar-refractivity contribution < 1.29 is 13.2 Å². The standard InChI is InChI=1S/C9H14N2O3S/c1-3-11-15(12,13)7-4-5-9(14-2)8(10)6-7/h4-6,11H,3,10H2,1-2H3. The topological polar surface area (TPSA) is 81.4 Å². The van der Waals surface area contributed by atoms with Crippen LogP contribution in [0.25, 0.3) is 0 Å². The van der Waals surface area contributed by atoms with Crippen molar-refractivity contribution in [3.63, 3.8) is 0 Å². The number of rotatable bonds is 4. The number of methoxy groups -OCH3 is 1. The first-order chi connectivity index (χ1) is 7.01. The average Bonchev–Trinajstić information content (AvgIpc) is 2.17. The van der Waals surface area contributed by atoms with Crippen molar-refractivity contribution in [1.29, 1.82) is 0 Å². The van der Waals surface area contributed by atoms with Crippen LogP contribution in [0, 0.1) is 0 Å². The highest BCUT2D eigenvalue weighted by Gasteiger charge is 2.13. The van der Waals surface area contributed by atoms with E-state index in [0.717, 1.165) is 0 Å². The smallest absolute Gasteiger partial charge is 0.240 e. The molecule has 0 aliphatic rings. The summed E-state index contributed by atoms with van der Waals surface area (Å²) >= 11 is 0. The van der Waals surface area contributed by atoms with Crippen LogP contribution in [0.1, 0.15) is 6.92 Å². The maximum absolute atomic E-state index is 11.6. The van der Waals surface area contributed by atoms with Crippen LogP contribution >= 0.6 is 0 Å². The lowest BCUT2D eigenvalue weighted by atomic mass is 10.3. The number of nitrogens with two attached hydrogens (primary N) is 1. The third kappa shape index (κ3) is 2.60. The summed E-state index contributed by atoms with van der Waals surface area (Å²) in [5.74, 6) is 0.463. The molecule has 15 heavy (non-hydrogen) atoms. The Morgan fingerprint density at radius 1 is 1.47 bits per heavy atom. The monoisotopic (exact) mass is 230 g/mol. The number of nitrogen functional groups attached to an aromatic ring is 1. The lowest BCUT2D eigenvalue weighted by Gasteiger charge is -2.08. The molecule has 0 radical (unpaired) electrons. The molecular formula is C9H14N2O3S. The van der Waals surface area contributed by atoms with Crippen molar-refractivity contribution in [3.8, 4) is 5.75 Å². The summed E-state index contributed by atoms with van der Waals surface area (Å²) < 4.78 is 30.5. The SMILES string of the molecule is CCNS(=O)(=O)c1ccc(OC)c(N)c1. The van der Waals surface area contributed by atoms with Crippen LogP contribution < -0.4 is 15.2 Å². The van der Waals surface area contributed by atoms with E-state index in [9.17, 15) is 8.42 Å². The number of anilines is 1. The van der Waals surface area contributed by atoms with Gasteiger partial charge in [-0.3, -0.25) is 0 Å². The first-order valence-corrected chi connectivity index (χ1v) is 5.92. The van der Waals surface area contributed by atoms with Gasteiger partial charge in [0.15, 0.2) is 0 Å². The average molecular weight is 230 g/mol. The van der Waals surface area contributed by atoms with Gasteiger partial charge in [-0.15, -0.1) is 0 Å². The van der Waals surface area contributed by atoms with Crippen LogP contribution in [0.5, 0.6) is 5.75 Å². The Hall–Kier alpha value is -1.27. The zero-order valence-corrected chi connectivity index (χ0v) is 9.47. The molecule has 0 atom stereocenters. The molecule has 1 aromatic carbocycles. The first-order valence-electron chi connectivity index (χ1n) is 4.44. The Balaban J connectivity index is 3.13. The van der Waals surface area contributed by atoms with Gasteiger partial charge in [0.25, 0.3) is 0 Å². The van der Waals surface area contributed by atoms with E-state index in [1.165, 1.54) is 25.3 Å². The van der Waals surface area contributed by atoms with E-state index in [0.29, 0.717) is 18.0 Å². The first kappa shape index (κ1) is 11.8. The zero-order valence-electron chi connectivity index (χ0n) is 8.65. The molecule has 3 N–H and O–H groups in total. The fourth-order valence-electron chi connectivity index (χ4n) is 1.15. The van der Waals surface area contributed by atoms with Gasteiger partial charge in [-0.05, 0) is 18.2 Å². The second-order valence-corrected chi connectivity index (χ2v) is 4.67. The number of benzene rings is 1. The van der Waals surface area contributed by atoms with Gasteiger partial charge in [0.1, 0.15) is 5.75 Å². The summed E-state index contributed by atoms with van der Waals surface area (Å²) in [6, 6.07) is 4.35. The zero-order chi connectivity index (χ0) is 11.5. The van der Waals surface area contributed by atoms with E-state index in [1.807, 2.05) is 0 Å². The maximum atomic E-state index is 11.6. The molecule has 0 aliphatic heterocycles. The predicted octanol–water partition coefficient (Wildman–Crippen LogP) is 0.576. The Kier molecular flexibility index (Phi) is 3.54. The van der Waals surface area contributed by atoms with Gasteiger partial charge in [-0.1, -0.05) is 6.92 Å². The molecule has 0 unspecified atom stereocenters. The van der Waals surface area contributed by atoms with Crippen molar-refractivity contribution in [2.75, 3.05) is 19.4 Å². The van der Waals surface area contributed by atoms with Crippen LogP contribution in [0.3, 0.4) is 0 Å². The third-order valence-corrected chi connectivity index (χ3v) is 3.39. The van der Waals surface area contributed by atoms with Gasteiger partial charge in [0.05, 0.1) is 17.7 Å². The Morgan fingerprint density at radius 2 is 2.13 bits per heavy atom. The highest BCUT2D eigenvalue weighted by Crippen LogP contribution is 2.23. The molecule has 0 bridgehead atoms. The van der Waals surface area contributed by atoms with E-state index < -0.39 is 10.0 Å². The maximum Gasteiger partial charge on any atom is 0.240 e. The van der Waals surface area contributed by atoms with Crippen LogP contribution in [0.2, 0.25) is 0 Å². The van der Waals surface area contributed by atoms with Gasteiger partial charge in [0, 0.05) is 6.54 Å². The largest absolute Gasteiger partial charge is 0.495 e. The highest BCUT2D eigenvalue weighted by molar-refractivity contribution is 7.89. The minimum absolute atomic E-state index is 0.141. The molecule has 0 fully saturated rings. The number of sulfonamides is 1. The quantitative estimate of drug-likeness (QED) is 0.741. The van der Waals surface area contributed by atoms with Crippen LogP contribution in [-0.2, 0) is 10.0 Å². The van der Waals surface area contributed by atoms with Gasteiger partial charge in [-0.2, -0.15) is 0 Å². The Morgan fingerprint density at radius 3 is 2.60 bits per heavy atom. The number of hydrogen-bond donors (Lipinski definition) is 2. The predicted molar refractivity (Wildman–Crippen MR) is 58.3 cm³/mol. The number of hydrogen-bond acceptors (Lipinski definition) is 4. The second-order valence-electron chi connectivity index (χ2n) is 2.91. The molecule has 0 heterocycles. The van der Waals surface area contributed by atoms with E-state index in [4.69, 9.17) is 10.5 Å². The summed E-state index contributed by atoms with van der Waals surface area (Å²) in [5, 5.41) is 0. The van der Waals surface area contributed by atoms with Crippen LogP contribution in [-0.4, -0.2) is 22.1 Å². The van der Waals surface area contributed by atoms with Gasteiger partial charge in [0.2, 0.25) is 10.0 Å². The second kappa shape index (κ2) is 4.50. The van der Waals surface area contributed by atoms with Crippen LogP contribution in [0.4, 0.5) is 5.69 Å². The molecule has 1 rings (SSSR count). The molecule has 84 valence electrons. The van der Waals surface area contributed by atoms with Gasteiger partial charge in [-0.25, -0.2) is 13.1 Å². The fraction of sp³-hybridized carbons (Fsp3) is 0.333. The third-order valence-electron chi connectivity index (χ3n) is 1.85. The minimum Gasteiger partial charge on any atom is -0.495 e. The van der Waals surface area contributed by atoms with E-state index in [-0.39, 0.29) is 4.90 Å². The van der Waals surface area contributed by atoms with E-state index in [1.54, 1.807) is 6.92 Å². The lowest BCUT2D eigenvalue weighted by Crippen LogP contribution is -2.23. The summed E-state index contributed by atoms with van der Waals surface area (Å²) in [5.41, 5.74) is 5.91. The van der Waals surface area contributed by atoms with Crippen molar-refractivity contribution >= 4 is 15.7 Å². The molecule has 0 saturated carbocycles. The molecule has 5 nitrogen and oxygen atoms in total. The van der Waals surface area contributed by atoms with Crippen molar-refractivity contribution in [2.45, 2.75) is 11.8 Å². The summed E-state index contributed by atoms with van der Waals surface area (Å²) in [7, 11) is -1.97. The minimum atomic E-state index is -3.44. The van der Waals surface area contributed by atoms with Crippen molar-refractivity contribution in [3.05, 3.63) is 18.2 Å². The van der Waals surface area contributed by atoms with Crippen molar-refractivity contribution in [2.24, 2.45) is 0 Å². The molecule has 0 aliphatic carbocycles. The number of nitrogens with one attached hydrogen (secondary N) is 1. The molecule has 0 saturated heterocycles. The molecule has 6 heteroatoms. The lowest BCUT2D eigenvalue weighted by molar-refractivity contribution is 0.416. The number of ether oxygens (including phenoxy) is 1. The van der Waals surface area contributed by atoms with E-state index in [2.05, 4.69) is 4.72 Å². The van der Waals surface area contributed by atoms with Crippen LogP contribution in [0.15, 0.2) is 23.1 Å². The fourth-order valence-corrected chi connectivity index (χ4v) is 2.23. The van der Waals surface area contributed by atoms with Gasteiger partial charge >= 0.3 is 0 Å². The molecular weight excluding hydrogens is 216 g/mol. The molecule has 1 aromatic rings. The summed E-state index contributed by atoms with van der Waals surface area (Å²) in [4.78, 5) is 0.141. The molecule has 0 spiro atoms. The molecule has 0 aromatic heterocycles. The Labute approximate surface area is 89.3 Å². The van der Waals surface area contributed by atoms with E-state index >= 15 is 0 Å². The normalized spacial score (nSPS) is 11.3. The van der Waals surface area contributed by atoms with Crippen molar-refractivity contribution in [1.82, 2.24) is 4.72 Å². The highest BCUT2D eigenvalue weighted by atomic mass is 32.2. The van der Waals surface area contributed by atoms with Gasteiger partial charge < -0.3 is 10.5 Å². The Bertz CT molecular complexity index is 443.